The Morgan fingerprint density at radius 1 is 1.07 bits per heavy atom. The normalized spacial score (nSPS) is 11.9. The van der Waals surface area contributed by atoms with E-state index in [9.17, 15) is 0 Å². The van der Waals surface area contributed by atoms with Crippen molar-refractivity contribution in [1.82, 2.24) is 0 Å². The molecule has 0 spiro atoms. The molecule has 0 fully saturated rings. The van der Waals surface area contributed by atoms with Crippen molar-refractivity contribution in [2.24, 2.45) is 0 Å². The first-order valence-corrected chi connectivity index (χ1v) is 7.38. The average molecular weight is 242 g/mol. The Morgan fingerprint density at radius 2 is 1.64 bits per heavy atom. The first kappa shape index (κ1) is 14.5. The highest BCUT2D eigenvalue weighted by Crippen LogP contribution is 2.49. The van der Waals surface area contributed by atoms with E-state index in [1.165, 1.54) is 0 Å². The predicted molar refractivity (Wildman–Crippen MR) is 59.8 cm³/mol. The quantitative estimate of drug-likeness (QED) is 0.495. The summed E-state index contributed by atoms with van der Waals surface area (Å²) in [5.41, 5.74) is 0. The lowest BCUT2D eigenvalue weighted by atomic mass is 10.3. The Morgan fingerprint density at radius 3 is 2.07 bits per heavy atom. The van der Waals surface area contributed by atoms with Gasteiger partial charge in [-0.2, -0.15) is 0 Å². The molecule has 14 heavy (non-hydrogen) atoms. The highest BCUT2D eigenvalue weighted by Gasteiger charge is 2.18. The Labute approximate surface area is 90.8 Å². The van der Waals surface area contributed by atoms with E-state index in [4.69, 9.17) is 30.5 Å². The maximum absolute atomic E-state index is 8.57. The first-order chi connectivity index (χ1) is 6.68. The third-order valence-corrected chi connectivity index (χ3v) is 3.97. The van der Waals surface area contributed by atoms with Crippen LogP contribution in [0.25, 0.3) is 0 Å². The van der Waals surface area contributed by atoms with Crippen LogP contribution < -0.4 is 0 Å². The van der Waals surface area contributed by atoms with Gasteiger partial charge in [0, 0.05) is 6.61 Å². The van der Waals surface area contributed by atoms with Crippen molar-refractivity contribution in [2.75, 3.05) is 26.4 Å². The van der Waals surface area contributed by atoms with Crippen LogP contribution in [0.3, 0.4) is 0 Å². The van der Waals surface area contributed by atoms with Gasteiger partial charge in [-0.05, 0) is 38.5 Å². The van der Waals surface area contributed by atoms with Gasteiger partial charge in [0.2, 0.25) is 0 Å². The lowest BCUT2D eigenvalue weighted by Crippen LogP contribution is -2.01. The number of rotatable bonds is 9. The van der Waals surface area contributed by atoms with E-state index in [2.05, 4.69) is 0 Å². The molecule has 1 N–H and O–H groups in total. The fourth-order valence-electron chi connectivity index (χ4n) is 0.818. The molecule has 0 aromatic carbocycles. The summed E-state index contributed by atoms with van der Waals surface area (Å²) in [7, 11) is 0. The molecule has 86 valence electrons. The molecule has 6 heteroatoms. The zero-order chi connectivity index (χ0) is 10.9. The Bertz CT molecular complexity index is 167. The monoisotopic (exact) mass is 242 g/mol. The fourth-order valence-corrected chi connectivity index (χ4v) is 2.88. The summed E-state index contributed by atoms with van der Waals surface area (Å²) >= 11 is 5.13. The lowest BCUT2D eigenvalue weighted by Gasteiger charge is -2.20. The van der Waals surface area contributed by atoms with Gasteiger partial charge in [-0.25, -0.2) is 0 Å². The zero-order valence-electron chi connectivity index (χ0n) is 8.77. The van der Waals surface area contributed by atoms with Gasteiger partial charge >= 0.3 is 6.72 Å². The summed E-state index contributed by atoms with van der Waals surface area (Å²) in [6.45, 7) is 2.86. The molecule has 0 aliphatic heterocycles. The summed E-state index contributed by atoms with van der Waals surface area (Å²) in [6.07, 6.45) is 1.49. The number of hydrogen-bond donors (Lipinski definition) is 1. The van der Waals surface area contributed by atoms with Crippen LogP contribution in [0.2, 0.25) is 0 Å². The number of unbranched alkanes of at least 4 members (excludes halogenated alkanes) is 1. The molecule has 0 aromatic heterocycles. The van der Waals surface area contributed by atoms with Crippen molar-refractivity contribution < 1.29 is 18.7 Å². The maximum Gasteiger partial charge on any atom is 0.327 e. The van der Waals surface area contributed by atoms with Crippen LogP contribution in [0.15, 0.2) is 0 Å². The van der Waals surface area contributed by atoms with Crippen LogP contribution >= 0.6 is 6.72 Å². The molecule has 0 aliphatic carbocycles. The van der Waals surface area contributed by atoms with Gasteiger partial charge in [0.05, 0.1) is 19.8 Å². The molecule has 0 aromatic rings. The summed E-state index contributed by atoms with van der Waals surface area (Å²) in [4.78, 5) is 0. The van der Waals surface area contributed by atoms with Crippen LogP contribution in [0.1, 0.15) is 26.7 Å². The van der Waals surface area contributed by atoms with Crippen molar-refractivity contribution in [3.8, 4) is 0 Å². The van der Waals surface area contributed by atoms with E-state index in [0.717, 1.165) is 6.42 Å². The summed E-state index contributed by atoms with van der Waals surface area (Å²) < 4.78 is 15.9. The molecule has 0 aliphatic rings. The molecule has 0 atom stereocenters. The third kappa shape index (κ3) is 6.87. The molecule has 0 heterocycles. The minimum Gasteiger partial charge on any atom is -0.396 e. The Balaban J connectivity index is 3.78. The van der Waals surface area contributed by atoms with Crippen LogP contribution in [-0.4, -0.2) is 31.5 Å². The molecule has 4 nitrogen and oxygen atoms in total. The van der Waals surface area contributed by atoms with Gasteiger partial charge in [0.25, 0.3) is 0 Å². The lowest BCUT2D eigenvalue weighted by molar-refractivity contribution is 0.161. The molecule has 0 rings (SSSR count). The van der Waals surface area contributed by atoms with Gasteiger partial charge in [-0.1, -0.05) is 0 Å². The van der Waals surface area contributed by atoms with E-state index in [1.54, 1.807) is 0 Å². The van der Waals surface area contributed by atoms with Gasteiger partial charge in [0.15, 0.2) is 0 Å². The average Bonchev–Trinajstić information content (AvgIpc) is 2.13. The van der Waals surface area contributed by atoms with Crippen LogP contribution in [0.4, 0.5) is 0 Å². The van der Waals surface area contributed by atoms with Gasteiger partial charge in [0.1, 0.15) is 0 Å². The van der Waals surface area contributed by atoms with Crippen molar-refractivity contribution in [2.45, 2.75) is 26.7 Å². The molecule has 0 bridgehead atoms. The predicted octanol–water partition coefficient (Wildman–Crippen LogP) is 2.07. The summed E-state index contributed by atoms with van der Waals surface area (Å²) in [5, 5.41) is 8.57. The van der Waals surface area contributed by atoms with E-state index in [0.29, 0.717) is 26.2 Å². The first-order valence-electron chi connectivity index (χ1n) is 4.83. The molecular formula is C8H19O4PS. The van der Waals surface area contributed by atoms with Crippen LogP contribution in [-0.2, 0) is 25.4 Å². The van der Waals surface area contributed by atoms with E-state index < -0.39 is 6.72 Å². The van der Waals surface area contributed by atoms with Crippen molar-refractivity contribution in [1.29, 1.82) is 0 Å². The second-order valence-electron chi connectivity index (χ2n) is 2.55. The van der Waals surface area contributed by atoms with Gasteiger partial charge < -0.3 is 18.7 Å². The molecular weight excluding hydrogens is 223 g/mol. The minimum absolute atomic E-state index is 0.176. The van der Waals surface area contributed by atoms with Gasteiger partial charge in [-0.15, -0.1) is 0 Å². The van der Waals surface area contributed by atoms with Crippen molar-refractivity contribution >= 4 is 18.5 Å². The SMILES string of the molecule is CCOP(=S)(OCC)OCCCCO. The summed E-state index contributed by atoms with van der Waals surface area (Å²) in [6, 6.07) is 0. The molecule has 0 amide bonds. The van der Waals surface area contributed by atoms with Crippen LogP contribution in [0, 0.1) is 0 Å². The van der Waals surface area contributed by atoms with Crippen LogP contribution in [0.5, 0.6) is 0 Å². The smallest absolute Gasteiger partial charge is 0.327 e. The van der Waals surface area contributed by atoms with Crippen molar-refractivity contribution in [3.63, 3.8) is 0 Å². The van der Waals surface area contributed by atoms with E-state index in [1.807, 2.05) is 13.8 Å². The second-order valence-corrected chi connectivity index (χ2v) is 5.56. The largest absolute Gasteiger partial charge is 0.396 e. The second kappa shape index (κ2) is 8.77. The highest BCUT2D eigenvalue weighted by atomic mass is 32.5. The Hall–Kier alpha value is 0.490. The maximum atomic E-state index is 8.57. The van der Waals surface area contributed by atoms with Crippen molar-refractivity contribution in [3.05, 3.63) is 0 Å². The molecule has 0 saturated carbocycles. The number of hydrogen-bond acceptors (Lipinski definition) is 5. The number of aliphatic hydroxyl groups excluding tert-OH is 1. The highest BCUT2D eigenvalue weighted by molar-refractivity contribution is 8.07. The van der Waals surface area contributed by atoms with Gasteiger partial charge in [-0.3, -0.25) is 0 Å². The van der Waals surface area contributed by atoms with E-state index in [-0.39, 0.29) is 6.61 Å². The third-order valence-electron chi connectivity index (χ3n) is 1.38. The summed E-state index contributed by atoms with van der Waals surface area (Å²) in [5.74, 6) is 0. The zero-order valence-corrected chi connectivity index (χ0v) is 10.5. The van der Waals surface area contributed by atoms with E-state index >= 15 is 0 Å². The topological polar surface area (TPSA) is 47.9 Å². The number of aliphatic hydroxyl groups is 1. The molecule has 0 saturated heterocycles. The molecule has 0 unspecified atom stereocenters. The Kier molecular flexibility index (Phi) is 9.08. The fraction of sp³-hybridized carbons (Fsp3) is 1.00. The standard InChI is InChI=1S/C8H19O4PS/c1-3-10-13(14,11-4-2)12-8-6-5-7-9/h9H,3-8H2,1-2H3. The molecule has 0 radical (unpaired) electrons. The minimum atomic E-state index is -2.51.